The number of thioether (sulfide) groups is 1. The van der Waals surface area contributed by atoms with E-state index < -0.39 is 17.2 Å². The molecule has 9 heteroatoms. The fourth-order valence-electron chi connectivity index (χ4n) is 3.06. The van der Waals surface area contributed by atoms with Crippen molar-refractivity contribution in [3.8, 4) is 0 Å². The van der Waals surface area contributed by atoms with Gasteiger partial charge in [-0.25, -0.2) is 4.79 Å². The number of para-hydroxylation sites is 1. The Bertz CT molecular complexity index is 780. The zero-order chi connectivity index (χ0) is 19.4. The van der Waals surface area contributed by atoms with Crippen LogP contribution in [0, 0.1) is 0 Å². The van der Waals surface area contributed by atoms with Crippen LogP contribution < -0.4 is 15.5 Å². The zero-order valence-electron chi connectivity index (χ0n) is 14.9. The molecule has 1 aromatic carbocycles. The Kier molecular flexibility index (Phi) is 6.38. The second-order valence-electron chi connectivity index (χ2n) is 6.48. The summed E-state index contributed by atoms with van der Waals surface area (Å²) in [7, 11) is 0. The number of hydrogen-bond acceptors (Lipinski definition) is 5. The van der Waals surface area contributed by atoms with Gasteiger partial charge in [0.1, 0.15) is 6.54 Å². The van der Waals surface area contributed by atoms with E-state index in [0.29, 0.717) is 15.9 Å². The van der Waals surface area contributed by atoms with Crippen molar-refractivity contribution in [2.45, 2.75) is 43.9 Å². The number of nitrogens with zero attached hydrogens (tertiary/aromatic N) is 2. The second kappa shape index (κ2) is 8.75. The molecule has 1 saturated carbocycles. The van der Waals surface area contributed by atoms with Crippen LogP contribution in [0.2, 0.25) is 5.02 Å². The Labute approximate surface area is 166 Å². The molecule has 2 N–H and O–H groups in total. The molecule has 2 aliphatic rings. The molecule has 1 heterocycles. The van der Waals surface area contributed by atoms with Crippen LogP contribution in [0.15, 0.2) is 29.3 Å². The summed E-state index contributed by atoms with van der Waals surface area (Å²) in [5.74, 6) is -0.645. The van der Waals surface area contributed by atoms with Gasteiger partial charge in [0.25, 0.3) is 5.91 Å². The molecule has 144 valence electrons. The van der Waals surface area contributed by atoms with Crippen LogP contribution in [-0.2, 0) is 9.59 Å². The van der Waals surface area contributed by atoms with Crippen LogP contribution in [0.25, 0.3) is 0 Å². The average Bonchev–Trinajstić information content (AvgIpc) is 3.25. The summed E-state index contributed by atoms with van der Waals surface area (Å²) in [4.78, 5) is 42.2. The van der Waals surface area contributed by atoms with Gasteiger partial charge in [0.05, 0.1) is 16.0 Å². The number of rotatable bonds is 4. The van der Waals surface area contributed by atoms with Gasteiger partial charge in [-0.1, -0.05) is 48.3 Å². The lowest BCUT2D eigenvalue weighted by Gasteiger charge is -2.21. The number of carbonyl (C=O) groups excluding carboxylic acids is 3. The van der Waals surface area contributed by atoms with E-state index in [2.05, 4.69) is 15.6 Å². The predicted molar refractivity (Wildman–Crippen MR) is 107 cm³/mol. The largest absolute Gasteiger partial charge is 0.335 e. The van der Waals surface area contributed by atoms with E-state index in [1.807, 2.05) is 0 Å². The highest BCUT2D eigenvalue weighted by Gasteiger charge is 2.32. The number of aliphatic imine (C=N–C) groups is 1. The van der Waals surface area contributed by atoms with E-state index in [4.69, 9.17) is 11.6 Å². The van der Waals surface area contributed by atoms with Crippen molar-refractivity contribution in [1.82, 2.24) is 10.6 Å². The third-order valence-corrected chi connectivity index (χ3v) is 5.87. The molecule has 0 unspecified atom stereocenters. The van der Waals surface area contributed by atoms with Gasteiger partial charge in [-0.15, -0.1) is 0 Å². The van der Waals surface area contributed by atoms with Crippen LogP contribution >= 0.6 is 23.4 Å². The summed E-state index contributed by atoms with van der Waals surface area (Å²) in [5.41, 5.74) is 0.527. The first-order valence-electron chi connectivity index (χ1n) is 8.85. The van der Waals surface area contributed by atoms with Crippen molar-refractivity contribution in [2.24, 2.45) is 4.99 Å². The maximum atomic E-state index is 12.3. The van der Waals surface area contributed by atoms with E-state index in [-0.39, 0.29) is 18.5 Å². The van der Waals surface area contributed by atoms with Gasteiger partial charge >= 0.3 is 6.03 Å². The monoisotopic (exact) mass is 408 g/mol. The van der Waals surface area contributed by atoms with Gasteiger partial charge in [0.15, 0.2) is 5.17 Å². The van der Waals surface area contributed by atoms with Gasteiger partial charge in [-0.2, -0.15) is 0 Å². The maximum absolute atomic E-state index is 12.3. The third-order valence-electron chi connectivity index (χ3n) is 4.46. The number of amidine groups is 1. The molecule has 0 saturated heterocycles. The van der Waals surface area contributed by atoms with Gasteiger partial charge in [-0.05, 0) is 31.9 Å². The topological polar surface area (TPSA) is 90.9 Å². The first kappa shape index (κ1) is 19.7. The number of imide groups is 1. The molecule has 7 nitrogen and oxygen atoms in total. The van der Waals surface area contributed by atoms with Crippen molar-refractivity contribution < 1.29 is 14.4 Å². The molecule has 0 aromatic heterocycles. The van der Waals surface area contributed by atoms with E-state index in [1.165, 1.54) is 4.90 Å². The summed E-state index contributed by atoms with van der Waals surface area (Å²) >= 11 is 7.31. The second-order valence-corrected chi connectivity index (χ2v) is 8.20. The SMILES string of the molecule is C[C@H](SC1=NCC(=O)N1c1ccccc1Cl)C(=O)NC(=O)NC1CCCC1. The number of urea groups is 1. The quantitative estimate of drug-likeness (QED) is 0.801. The van der Waals surface area contributed by atoms with Crippen molar-refractivity contribution in [3.63, 3.8) is 0 Å². The number of hydrogen-bond donors (Lipinski definition) is 2. The molecule has 1 aliphatic heterocycles. The highest BCUT2D eigenvalue weighted by Crippen LogP contribution is 2.31. The fraction of sp³-hybridized carbons (Fsp3) is 0.444. The predicted octanol–water partition coefficient (Wildman–Crippen LogP) is 2.93. The van der Waals surface area contributed by atoms with E-state index >= 15 is 0 Å². The minimum atomic E-state index is -0.603. The van der Waals surface area contributed by atoms with Crippen LogP contribution in [0.3, 0.4) is 0 Å². The summed E-state index contributed by atoms with van der Waals surface area (Å²) in [6.07, 6.45) is 4.07. The Morgan fingerprint density at radius 3 is 2.70 bits per heavy atom. The van der Waals surface area contributed by atoms with Crippen molar-refractivity contribution in [1.29, 1.82) is 0 Å². The van der Waals surface area contributed by atoms with Crippen molar-refractivity contribution >= 4 is 52.1 Å². The molecule has 3 rings (SSSR count). The molecule has 4 amide bonds. The summed E-state index contributed by atoms with van der Waals surface area (Å²) in [6, 6.07) is 6.61. The van der Waals surface area contributed by atoms with E-state index in [1.54, 1.807) is 31.2 Å². The van der Waals surface area contributed by atoms with Gasteiger partial charge in [0.2, 0.25) is 5.91 Å². The first-order valence-corrected chi connectivity index (χ1v) is 10.1. The van der Waals surface area contributed by atoms with Gasteiger partial charge < -0.3 is 5.32 Å². The molecular formula is C18H21ClN4O3S. The average molecular weight is 409 g/mol. The number of benzene rings is 1. The summed E-state index contributed by atoms with van der Waals surface area (Å²) < 4.78 is 0. The first-order chi connectivity index (χ1) is 13.0. The molecule has 1 aliphatic carbocycles. The van der Waals surface area contributed by atoms with Crippen LogP contribution in [0.5, 0.6) is 0 Å². The molecule has 1 fully saturated rings. The minimum Gasteiger partial charge on any atom is -0.335 e. The number of halogens is 1. The van der Waals surface area contributed by atoms with E-state index in [0.717, 1.165) is 37.4 Å². The number of nitrogens with one attached hydrogen (secondary N) is 2. The van der Waals surface area contributed by atoms with Crippen molar-refractivity contribution in [2.75, 3.05) is 11.4 Å². The minimum absolute atomic E-state index is 0.00403. The Morgan fingerprint density at radius 1 is 1.30 bits per heavy atom. The van der Waals surface area contributed by atoms with Crippen LogP contribution in [0.1, 0.15) is 32.6 Å². The summed E-state index contributed by atoms with van der Waals surface area (Å²) in [5, 5.41) is 5.40. The fourth-order valence-corrected chi connectivity index (χ4v) is 4.21. The van der Waals surface area contributed by atoms with E-state index in [9.17, 15) is 14.4 Å². The Morgan fingerprint density at radius 2 is 2.00 bits per heavy atom. The van der Waals surface area contributed by atoms with Crippen molar-refractivity contribution in [3.05, 3.63) is 29.3 Å². The number of amides is 4. The van der Waals surface area contributed by atoms with Gasteiger partial charge in [0, 0.05) is 6.04 Å². The molecule has 1 atom stereocenters. The molecule has 0 spiro atoms. The third kappa shape index (κ3) is 4.81. The van der Waals surface area contributed by atoms with Crippen LogP contribution in [-0.4, -0.2) is 40.8 Å². The maximum Gasteiger partial charge on any atom is 0.321 e. The van der Waals surface area contributed by atoms with Crippen LogP contribution in [0.4, 0.5) is 10.5 Å². The molecule has 0 bridgehead atoms. The lowest BCUT2D eigenvalue weighted by Crippen LogP contribution is -2.46. The van der Waals surface area contributed by atoms with Gasteiger partial charge in [-0.3, -0.25) is 24.8 Å². The molecular weight excluding hydrogens is 388 g/mol. The molecule has 27 heavy (non-hydrogen) atoms. The smallest absolute Gasteiger partial charge is 0.321 e. The standard InChI is InChI=1S/C18H21ClN4O3S/c1-11(16(25)22-17(26)21-12-6-2-3-7-12)27-18-20-10-15(24)23(18)14-9-5-4-8-13(14)19/h4-5,8-9,11-12H,2-3,6-7,10H2,1H3,(H2,21,22,25,26)/t11-/m0/s1. The highest BCUT2D eigenvalue weighted by molar-refractivity contribution is 8.15. The normalized spacial score (nSPS) is 18.4. The molecule has 0 radical (unpaired) electrons. The number of anilines is 1. The number of carbonyl (C=O) groups is 3. The lowest BCUT2D eigenvalue weighted by atomic mass is 10.2. The Balaban J connectivity index is 1.59. The zero-order valence-corrected chi connectivity index (χ0v) is 16.5. The Hall–Kier alpha value is -2.06. The lowest BCUT2D eigenvalue weighted by molar-refractivity contribution is -0.119. The highest BCUT2D eigenvalue weighted by atomic mass is 35.5. The molecule has 1 aromatic rings. The summed E-state index contributed by atoms with van der Waals surface area (Å²) in [6.45, 7) is 1.67.